The van der Waals surface area contributed by atoms with Gasteiger partial charge in [-0.1, -0.05) is 37.6 Å². The van der Waals surface area contributed by atoms with Gasteiger partial charge in [0.15, 0.2) is 5.96 Å². The zero-order valence-corrected chi connectivity index (χ0v) is 17.4. The molecule has 0 bridgehead atoms. The molecule has 0 aliphatic carbocycles. The van der Waals surface area contributed by atoms with Gasteiger partial charge in [0.05, 0.1) is 0 Å². The summed E-state index contributed by atoms with van der Waals surface area (Å²) in [5.74, 6) is 1.03. The highest BCUT2D eigenvalue weighted by atomic mass is 16.2. The van der Waals surface area contributed by atoms with Gasteiger partial charge < -0.3 is 15.5 Å². The maximum Gasteiger partial charge on any atom is 0.222 e. The molecule has 2 fully saturated rings. The Balaban J connectivity index is 1.43. The number of piperidine rings is 1. The third kappa shape index (κ3) is 5.96. The van der Waals surface area contributed by atoms with E-state index in [4.69, 9.17) is 0 Å². The van der Waals surface area contributed by atoms with E-state index >= 15 is 0 Å². The average Bonchev–Trinajstić information content (AvgIpc) is 3.21. The molecule has 1 amide bonds. The summed E-state index contributed by atoms with van der Waals surface area (Å²) in [6.07, 6.45) is 5.59. The second-order valence-electron chi connectivity index (χ2n) is 7.90. The molecule has 2 aliphatic rings. The number of amides is 1. The van der Waals surface area contributed by atoms with Crippen LogP contribution in [0.5, 0.6) is 0 Å². The van der Waals surface area contributed by atoms with Crippen LogP contribution in [0, 0.1) is 0 Å². The normalized spacial score (nSPS) is 21.0. The number of aliphatic imine (C=N–C) groups is 1. The molecule has 1 atom stereocenters. The number of nitrogens with zero attached hydrogens (tertiary/aromatic N) is 3. The average molecular weight is 386 g/mol. The van der Waals surface area contributed by atoms with E-state index in [1.54, 1.807) is 7.05 Å². The Labute approximate surface area is 169 Å². The van der Waals surface area contributed by atoms with Crippen LogP contribution in [0.3, 0.4) is 0 Å². The first-order valence-corrected chi connectivity index (χ1v) is 10.7. The third-order valence-corrected chi connectivity index (χ3v) is 5.75. The molecule has 1 aromatic carbocycles. The lowest BCUT2D eigenvalue weighted by Gasteiger charge is -2.26. The highest BCUT2D eigenvalue weighted by Gasteiger charge is 2.25. The van der Waals surface area contributed by atoms with Crippen molar-refractivity contribution in [3.05, 3.63) is 35.4 Å². The molecule has 1 aromatic rings. The Morgan fingerprint density at radius 3 is 2.50 bits per heavy atom. The van der Waals surface area contributed by atoms with Crippen LogP contribution in [0.25, 0.3) is 0 Å². The minimum Gasteiger partial charge on any atom is -0.352 e. The maximum absolute atomic E-state index is 11.8. The molecule has 2 heterocycles. The van der Waals surface area contributed by atoms with E-state index in [-0.39, 0.29) is 11.9 Å². The topological polar surface area (TPSA) is 60.0 Å². The van der Waals surface area contributed by atoms with Gasteiger partial charge in [-0.3, -0.25) is 14.7 Å². The molecular weight excluding hydrogens is 350 g/mol. The highest BCUT2D eigenvalue weighted by molar-refractivity contribution is 5.80. The molecule has 28 heavy (non-hydrogen) atoms. The van der Waals surface area contributed by atoms with Gasteiger partial charge >= 0.3 is 0 Å². The summed E-state index contributed by atoms with van der Waals surface area (Å²) in [6.45, 7) is 7.78. The minimum absolute atomic E-state index is 0.233. The first-order valence-electron chi connectivity index (χ1n) is 10.7. The molecule has 6 nitrogen and oxygen atoms in total. The lowest BCUT2D eigenvalue weighted by atomic mass is 10.1. The number of guanidine groups is 1. The second-order valence-corrected chi connectivity index (χ2v) is 7.90. The predicted molar refractivity (Wildman–Crippen MR) is 114 cm³/mol. The van der Waals surface area contributed by atoms with Gasteiger partial charge in [0.1, 0.15) is 0 Å². The number of hydrogen-bond donors (Lipinski definition) is 2. The minimum atomic E-state index is 0.233. The molecule has 154 valence electrons. The van der Waals surface area contributed by atoms with E-state index in [0.717, 1.165) is 38.6 Å². The van der Waals surface area contributed by atoms with E-state index in [2.05, 4.69) is 44.8 Å². The second kappa shape index (κ2) is 10.5. The van der Waals surface area contributed by atoms with E-state index in [0.29, 0.717) is 6.42 Å². The molecule has 1 unspecified atom stereocenters. The van der Waals surface area contributed by atoms with Crippen molar-refractivity contribution in [2.45, 2.75) is 58.2 Å². The van der Waals surface area contributed by atoms with E-state index in [9.17, 15) is 4.79 Å². The van der Waals surface area contributed by atoms with Crippen LogP contribution >= 0.6 is 0 Å². The standard InChI is InChI=1S/C22H35N5O/c1-3-21(28)27-14-11-20(17-27)25-22(23-2)24-15-18-7-9-19(10-8-18)16-26-12-5-4-6-13-26/h7-10,20H,3-6,11-17H2,1-2H3,(H2,23,24,25). The SMILES string of the molecule is CCC(=O)N1CCC(NC(=NC)NCc2ccc(CN3CCCCC3)cc2)C1. The van der Waals surface area contributed by atoms with Gasteiger partial charge in [0, 0.05) is 45.7 Å². The number of carbonyl (C=O) groups excluding carboxylic acids is 1. The first kappa shape index (κ1) is 20.6. The predicted octanol–water partition coefficient (Wildman–Crippen LogP) is 2.35. The summed E-state index contributed by atoms with van der Waals surface area (Å²) >= 11 is 0. The maximum atomic E-state index is 11.8. The largest absolute Gasteiger partial charge is 0.352 e. The molecule has 2 saturated heterocycles. The van der Waals surface area contributed by atoms with Crippen molar-refractivity contribution < 1.29 is 4.79 Å². The molecule has 2 aliphatic heterocycles. The highest BCUT2D eigenvalue weighted by Crippen LogP contribution is 2.14. The van der Waals surface area contributed by atoms with Crippen molar-refractivity contribution in [3.63, 3.8) is 0 Å². The number of rotatable bonds is 6. The van der Waals surface area contributed by atoms with Gasteiger partial charge in [-0.25, -0.2) is 0 Å². The molecule has 3 rings (SSSR count). The van der Waals surface area contributed by atoms with Crippen LogP contribution in [0.15, 0.2) is 29.3 Å². The smallest absolute Gasteiger partial charge is 0.222 e. The summed E-state index contributed by atoms with van der Waals surface area (Å²) in [6, 6.07) is 9.17. The van der Waals surface area contributed by atoms with Crippen molar-refractivity contribution in [2.24, 2.45) is 4.99 Å². The lowest BCUT2D eigenvalue weighted by molar-refractivity contribution is -0.129. The summed E-state index contributed by atoms with van der Waals surface area (Å²) in [7, 11) is 1.79. The first-order chi connectivity index (χ1) is 13.7. The number of likely N-dealkylation sites (tertiary alicyclic amines) is 2. The van der Waals surface area contributed by atoms with Crippen molar-refractivity contribution >= 4 is 11.9 Å². The van der Waals surface area contributed by atoms with Crippen LogP contribution < -0.4 is 10.6 Å². The van der Waals surface area contributed by atoms with Crippen LogP contribution in [0.2, 0.25) is 0 Å². The summed E-state index contributed by atoms with van der Waals surface area (Å²) in [5, 5.41) is 6.85. The monoisotopic (exact) mass is 385 g/mol. The van der Waals surface area contributed by atoms with Crippen LogP contribution in [-0.4, -0.2) is 60.9 Å². The van der Waals surface area contributed by atoms with E-state index in [1.165, 1.54) is 43.5 Å². The number of carbonyl (C=O) groups is 1. The molecule has 6 heteroatoms. The molecule has 0 radical (unpaired) electrons. The molecule has 2 N–H and O–H groups in total. The van der Waals surface area contributed by atoms with Gasteiger partial charge in [0.25, 0.3) is 0 Å². The fraction of sp³-hybridized carbons (Fsp3) is 0.636. The van der Waals surface area contributed by atoms with Gasteiger partial charge in [-0.05, 0) is 43.5 Å². The van der Waals surface area contributed by atoms with Gasteiger partial charge in [-0.15, -0.1) is 0 Å². The number of benzene rings is 1. The third-order valence-electron chi connectivity index (χ3n) is 5.75. The summed E-state index contributed by atoms with van der Waals surface area (Å²) in [4.78, 5) is 20.7. The number of nitrogens with one attached hydrogen (secondary N) is 2. The van der Waals surface area contributed by atoms with Gasteiger partial charge in [0.2, 0.25) is 5.91 Å². The van der Waals surface area contributed by atoms with Gasteiger partial charge in [-0.2, -0.15) is 0 Å². The fourth-order valence-corrected chi connectivity index (χ4v) is 4.04. The fourth-order valence-electron chi connectivity index (χ4n) is 4.04. The van der Waals surface area contributed by atoms with Crippen LogP contribution in [-0.2, 0) is 17.9 Å². The van der Waals surface area contributed by atoms with Crippen molar-refractivity contribution in [1.82, 2.24) is 20.4 Å². The van der Waals surface area contributed by atoms with Crippen LogP contribution in [0.1, 0.15) is 50.2 Å². The zero-order chi connectivity index (χ0) is 19.8. The molecule has 0 spiro atoms. The summed E-state index contributed by atoms with van der Waals surface area (Å²) in [5.41, 5.74) is 2.64. The Kier molecular flexibility index (Phi) is 7.71. The Hall–Kier alpha value is -2.08. The summed E-state index contributed by atoms with van der Waals surface area (Å²) < 4.78 is 0. The lowest BCUT2D eigenvalue weighted by Crippen LogP contribution is -2.44. The zero-order valence-electron chi connectivity index (χ0n) is 17.4. The van der Waals surface area contributed by atoms with Crippen molar-refractivity contribution in [1.29, 1.82) is 0 Å². The molecular formula is C22H35N5O. The van der Waals surface area contributed by atoms with Crippen molar-refractivity contribution in [2.75, 3.05) is 33.2 Å². The quantitative estimate of drug-likeness (QED) is 0.583. The molecule has 0 aromatic heterocycles. The Morgan fingerprint density at radius 1 is 1.11 bits per heavy atom. The Morgan fingerprint density at radius 2 is 1.82 bits per heavy atom. The Bertz CT molecular complexity index is 651. The van der Waals surface area contributed by atoms with E-state index < -0.39 is 0 Å². The van der Waals surface area contributed by atoms with Crippen LogP contribution in [0.4, 0.5) is 0 Å². The van der Waals surface area contributed by atoms with E-state index in [1.807, 2.05) is 11.8 Å². The molecule has 0 saturated carbocycles. The number of hydrogen-bond acceptors (Lipinski definition) is 3. The van der Waals surface area contributed by atoms with Crippen molar-refractivity contribution in [3.8, 4) is 0 Å².